The van der Waals surface area contributed by atoms with Crippen molar-refractivity contribution in [1.82, 2.24) is 15.1 Å². The second kappa shape index (κ2) is 11.1. The quantitative estimate of drug-likeness (QED) is 0.569. The molecule has 0 aromatic heterocycles. The third kappa shape index (κ3) is 7.34. The van der Waals surface area contributed by atoms with Crippen molar-refractivity contribution >= 4 is 17.8 Å². The molecule has 178 valence electrons. The molecule has 0 saturated carbocycles. The first kappa shape index (κ1) is 27.1. The van der Waals surface area contributed by atoms with Gasteiger partial charge in [0.1, 0.15) is 6.04 Å². The molecule has 1 rings (SSSR count). The van der Waals surface area contributed by atoms with Gasteiger partial charge < -0.3 is 15.3 Å². The van der Waals surface area contributed by atoms with Gasteiger partial charge in [0, 0.05) is 18.7 Å². The number of rotatable bonds is 8. The Balaban J connectivity index is 3.15. The lowest BCUT2D eigenvalue weighted by atomic mass is 9.84. The molecule has 0 bridgehead atoms. The lowest BCUT2D eigenvalue weighted by Crippen LogP contribution is -2.60. The van der Waals surface area contributed by atoms with Crippen LogP contribution in [0.15, 0.2) is 11.6 Å². The molecule has 0 spiro atoms. The second-order valence-electron chi connectivity index (χ2n) is 10.5. The minimum absolute atomic E-state index is 0.0225. The standard InChI is InChI=1S/C24H43N3O4/c1-15(2)19(14-17(5)23(30)31)26(9)22(29)20(24(6,7)8)25-21(28)18-12-10-11-13-27(18)16(3)4/h14-16,18-20H,10-13H2,1-9H3,(H,25,28)(H,30,31)/b17-14+. The van der Waals surface area contributed by atoms with Gasteiger partial charge in [-0.05, 0) is 51.5 Å². The number of carboxylic acids is 1. The van der Waals surface area contributed by atoms with Crippen molar-refractivity contribution in [3.63, 3.8) is 0 Å². The predicted octanol–water partition coefficient (Wildman–Crippen LogP) is 3.29. The van der Waals surface area contributed by atoms with E-state index in [4.69, 9.17) is 0 Å². The molecular formula is C24H43N3O4. The average Bonchev–Trinajstić information content (AvgIpc) is 2.67. The number of nitrogens with one attached hydrogen (secondary N) is 1. The number of carbonyl (C=O) groups is 3. The minimum atomic E-state index is -1.00. The van der Waals surface area contributed by atoms with E-state index in [9.17, 15) is 19.5 Å². The van der Waals surface area contributed by atoms with Crippen molar-refractivity contribution in [3.8, 4) is 0 Å². The van der Waals surface area contributed by atoms with Gasteiger partial charge in [0.05, 0.1) is 12.1 Å². The highest BCUT2D eigenvalue weighted by atomic mass is 16.4. The molecule has 3 unspecified atom stereocenters. The summed E-state index contributed by atoms with van der Waals surface area (Å²) in [4.78, 5) is 41.9. The van der Waals surface area contributed by atoms with E-state index in [-0.39, 0.29) is 41.4 Å². The van der Waals surface area contributed by atoms with E-state index in [1.54, 1.807) is 18.0 Å². The fraction of sp³-hybridized carbons (Fsp3) is 0.792. The lowest BCUT2D eigenvalue weighted by Gasteiger charge is -2.41. The van der Waals surface area contributed by atoms with Gasteiger partial charge in [-0.3, -0.25) is 14.5 Å². The fourth-order valence-corrected chi connectivity index (χ4v) is 4.17. The smallest absolute Gasteiger partial charge is 0.331 e. The first-order valence-electron chi connectivity index (χ1n) is 11.4. The van der Waals surface area contributed by atoms with E-state index in [1.165, 1.54) is 6.92 Å². The van der Waals surface area contributed by atoms with Gasteiger partial charge in [0.15, 0.2) is 0 Å². The topological polar surface area (TPSA) is 90.0 Å². The third-order valence-electron chi connectivity index (χ3n) is 6.15. The number of aliphatic carboxylic acids is 1. The lowest BCUT2D eigenvalue weighted by molar-refractivity contribution is -0.142. The Labute approximate surface area is 188 Å². The van der Waals surface area contributed by atoms with Crippen molar-refractivity contribution in [1.29, 1.82) is 0 Å². The molecule has 0 radical (unpaired) electrons. The number of hydrogen-bond donors (Lipinski definition) is 2. The zero-order chi connectivity index (χ0) is 24.1. The Kier molecular flexibility index (Phi) is 9.73. The number of carbonyl (C=O) groups excluding carboxylic acids is 2. The van der Waals surface area contributed by atoms with E-state index >= 15 is 0 Å². The summed E-state index contributed by atoms with van der Waals surface area (Å²) < 4.78 is 0. The van der Waals surface area contributed by atoms with Crippen LogP contribution in [0.25, 0.3) is 0 Å². The van der Waals surface area contributed by atoms with Crippen molar-refractivity contribution < 1.29 is 19.5 Å². The van der Waals surface area contributed by atoms with Gasteiger partial charge in [-0.25, -0.2) is 4.79 Å². The summed E-state index contributed by atoms with van der Waals surface area (Å²) in [7, 11) is 1.69. The van der Waals surface area contributed by atoms with Gasteiger partial charge in [0.2, 0.25) is 11.8 Å². The largest absolute Gasteiger partial charge is 0.478 e. The van der Waals surface area contributed by atoms with E-state index in [1.807, 2.05) is 34.6 Å². The van der Waals surface area contributed by atoms with Gasteiger partial charge in [0.25, 0.3) is 0 Å². The molecule has 31 heavy (non-hydrogen) atoms. The summed E-state index contributed by atoms with van der Waals surface area (Å²) in [5.74, 6) is -1.29. The molecule has 1 aliphatic rings. The number of likely N-dealkylation sites (tertiary alicyclic amines) is 1. The van der Waals surface area contributed by atoms with Crippen LogP contribution in [0.2, 0.25) is 0 Å². The van der Waals surface area contributed by atoms with E-state index in [0.717, 1.165) is 25.8 Å². The molecule has 1 saturated heterocycles. The third-order valence-corrected chi connectivity index (χ3v) is 6.15. The van der Waals surface area contributed by atoms with Gasteiger partial charge in [-0.2, -0.15) is 0 Å². The SMILES string of the molecule is C/C(=C\C(C(C)C)N(C)C(=O)C(NC(=O)C1CCCCN1C(C)C)C(C)(C)C)C(=O)O. The zero-order valence-corrected chi connectivity index (χ0v) is 20.9. The highest BCUT2D eigenvalue weighted by Crippen LogP contribution is 2.25. The van der Waals surface area contributed by atoms with Crippen molar-refractivity contribution in [3.05, 3.63) is 11.6 Å². The number of likely N-dealkylation sites (N-methyl/N-ethyl adjacent to an activating group) is 1. The highest BCUT2D eigenvalue weighted by molar-refractivity contribution is 5.91. The van der Waals surface area contributed by atoms with Crippen LogP contribution >= 0.6 is 0 Å². The number of hydrogen-bond acceptors (Lipinski definition) is 4. The molecule has 1 heterocycles. The van der Waals surface area contributed by atoms with Crippen molar-refractivity contribution in [2.24, 2.45) is 11.3 Å². The molecule has 0 aliphatic carbocycles. The monoisotopic (exact) mass is 437 g/mol. The number of amides is 2. The summed E-state index contributed by atoms with van der Waals surface area (Å²) in [5.41, 5.74) is -0.296. The fourth-order valence-electron chi connectivity index (χ4n) is 4.17. The van der Waals surface area contributed by atoms with Crippen LogP contribution < -0.4 is 5.32 Å². The van der Waals surface area contributed by atoms with E-state index < -0.39 is 17.4 Å². The normalized spacial score (nSPS) is 20.5. The summed E-state index contributed by atoms with van der Waals surface area (Å²) in [6, 6.07) is -1.06. The zero-order valence-electron chi connectivity index (χ0n) is 20.9. The Morgan fingerprint density at radius 3 is 2.16 bits per heavy atom. The average molecular weight is 438 g/mol. The van der Waals surface area contributed by atoms with E-state index in [2.05, 4.69) is 24.1 Å². The maximum atomic E-state index is 13.5. The van der Waals surface area contributed by atoms with Gasteiger partial charge in [-0.15, -0.1) is 0 Å². The van der Waals surface area contributed by atoms with Crippen molar-refractivity contribution in [2.75, 3.05) is 13.6 Å². The number of carboxylic acid groups (broad SMARTS) is 1. The van der Waals surface area contributed by atoms with Crippen LogP contribution in [-0.2, 0) is 14.4 Å². The van der Waals surface area contributed by atoms with Crippen LogP contribution in [0.4, 0.5) is 0 Å². The van der Waals surface area contributed by atoms with Crippen LogP contribution in [0.5, 0.6) is 0 Å². The Morgan fingerprint density at radius 1 is 1.13 bits per heavy atom. The Morgan fingerprint density at radius 2 is 1.71 bits per heavy atom. The van der Waals surface area contributed by atoms with Crippen LogP contribution in [0, 0.1) is 11.3 Å². The minimum Gasteiger partial charge on any atom is -0.478 e. The number of nitrogens with zero attached hydrogens (tertiary/aromatic N) is 2. The molecule has 3 atom stereocenters. The molecule has 1 fully saturated rings. The Hall–Kier alpha value is -1.89. The second-order valence-corrected chi connectivity index (χ2v) is 10.5. The molecule has 1 aliphatic heterocycles. The summed E-state index contributed by atoms with van der Waals surface area (Å²) in [6.07, 6.45) is 4.50. The summed E-state index contributed by atoms with van der Waals surface area (Å²) >= 11 is 0. The van der Waals surface area contributed by atoms with Crippen LogP contribution in [0.3, 0.4) is 0 Å². The van der Waals surface area contributed by atoms with Gasteiger partial charge >= 0.3 is 5.97 Å². The first-order valence-corrected chi connectivity index (χ1v) is 11.4. The molecule has 0 aromatic carbocycles. The van der Waals surface area contributed by atoms with E-state index in [0.29, 0.717) is 0 Å². The molecule has 7 heteroatoms. The number of piperidine rings is 1. The summed E-state index contributed by atoms with van der Waals surface area (Å²) in [5, 5.41) is 12.3. The maximum Gasteiger partial charge on any atom is 0.331 e. The Bertz CT molecular complexity index is 679. The van der Waals surface area contributed by atoms with Crippen LogP contribution in [0.1, 0.15) is 74.7 Å². The molecule has 2 N–H and O–H groups in total. The maximum absolute atomic E-state index is 13.5. The molecule has 0 aromatic rings. The van der Waals surface area contributed by atoms with Crippen molar-refractivity contribution in [2.45, 2.75) is 98.8 Å². The highest BCUT2D eigenvalue weighted by Gasteiger charge is 2.39. The first-order chi connectivity index (χ1) is 14.2. The molecule has 2 amide bonds. The molecular weight excluding hydrogens is 394 g/mol. The predicted molar refractivity (Wildman–Crippen MR) is 124 cm³/mol. The molecule has 7 nitrogen and oxygen atoms in total. The summed E-state index contributed by atoms with van der Waals surface area (Å²) in [6.45, 7) is 16.3. The van der Waals surface area contributed by atoms with Crippen LogP contribution in [-0.4, -0.2) is 70.4 Å². The van der Waals surface area contributed by atoms with Gasteiger partial charge in [-0.1, -0.05) is 47.1 Å².